The molecule has 10 heteroatoms. The Morgan fingerprint density at radius 2 is 2.18 bits per heavy atom. The van der Waals surface area contributed by atoms with E-state index in [0.29, 0.717) is 25.2 Å². The Morgan fingerprint density at radius 1 is 1.39 bits per heavy atom. The number of hydrogen-bond donors (Lipinski definition) is 1. The fourth-order valence-electron chi connectivity index (χ4n) is 3.13. The molecule has 1 aromatic carbocycles. The van der Waals surface area contributed by atoms with Gasteiger partial charge in [0.25, 0.3) is 5.56 Å². The summed E-state index contributed by atoms with van der Waals surface area (Å²) in [7, 11) is 1.60. The van der Waals surface area contributed by atoms with Crippen molar-refractivity contribution in [1.29, 1.82) is 0 Å². The van der Waals surface area contributed by atoms with E-state index in [-0.39, 0.29) is 17.2 Å². The molecule has 3 aromatic rings. The van der Waals surface area contributed by atoms with Gasteiger partial charge in [-0.15, -0.1) is 0 Å². The van der Waals surface area contributed by atoms with Gasteiger partial charge in [-0.05, 0) is 37.2 Å². The highest BCUT2D eigenvalue weighted by Crippen LogP contribution is 2.26. The van der Waals surface area contributed by atoms with Crippen molar-refractivity contribution in [2.45, 2.75) is 18.0 Å². The number of fused-ring (bicyclic) bond motifs is 1. The minimum atomic E-state index is -0.251. The molecule has 1 aliphatic rings. The summed E-state index contributed by atoms with van der Waals surface area (Å²) in [6.07, 6.45) is 2.10. The molecule has 2 aromatic heterocycles. The number of thioether (sulfide) groups is 1. The summed E-state index contributed by atoms with van der Waals surface area (Å²) in [4.78, 5) is 34.0. The summed E-state index contributed by atoms with van der Waals surface area (Å²) in [6.45, 7) is 1.62. The normalized spacial score (nSPS) is 14.0. The highest BCUT2D eigenvalue weighted by Gasteiger charge is 2.19. The zero-order valence-electron chi connectivity index (χ0n) is 15.1. The van der Waals surface area contributed by atoms with E-state index in [1.807, 2.05) is 29.2 Å². The van der Waals surface area contributed by atoms with Crippen molar-refractivity contribution in [1.82, 2.24) is 19.4 Å². The number of aromatic nitrogens is 3. The second kappa shape index (κ2) is 8.06. The van der Waals surface area contributed by atoms with E-state index in [2.05, 4.69) is 9.97 Å². The smallest absolute Gasteiger partial charge is 0.271 e. The van der Waals surface area contributed by atoms with Crippen molar-refractivity contribution < 1.29 is 9.53 Å². The number of hydrogen-bond acceptors (Lipinski definition) is 7. The van der Waals surface area contributed by atoms with Crippen LogP contribution in [0.15, 0.2) is 34.2 Å². The maximum absolute atomic E-state index is 12.5. The van der Waals surface area contributed by atoms with Crippen LogP contribution >= 0.6 is 35.3 Å². The zero-order valence-corrected chi connectivity index (χ0v) is 17.6. The Labute approximate surface area is 174 Å². The summed E-state index contributed by atoms with van der Waals surface area (Å²) >= 11 is 7.93. The van der Waals surface area contributed by atoms with E-state index < -0.39 is 0 Å². The molecule has 1 amide bonds. The minimum absolute atomic E-state index is 0.0696. The summed E-state index contributed by atoms with van der Waals surface area (Å²) < 4.78 is 8.04. The molecule has 1 N–H and O–H groups in total. The Bertz CT molecular complexity index is 1140. The standard InChI is InChI=1S/C18H18N4O3S3/c1-25-12-6-4-5-11(9-12)22-15-14(28-18(22)26)16(24)20-17(19-15)27-10-13(23)21-7-2-3-8-21/h4-6,9H,2-3,7-8,10H2,1H3,(H,19,20,24). The van der Waals surface area contributed by atoms with E-state index in [1.54, 1.807) is 11.7 Å². The highest BCUT2D eigenvalue weighted by molar-refractivity contribution is 7.99. The summed E-state index contributed by atoms with van der Waals surface area (Å²) in [5, 5.41) is 0.412. The lowest BCUT2D eigenvalue weighted by molar-refractivity contribution is -0.127. The van der Waals surface area contributed by atoms with Crippen molar-refractivity contribution in [2.75, 3.05) is 26.0 Å². The number of benzene rings is 1. The molecule has 0 spiro atoms. The van der Waals surface area contributed by atoms with Gasteiger partial charge in [-0.25, -0.2) is 4.98 Å². The monoisotopic (exact) mass is 434 g/mol. The molecule has 0 bridgehead atoms. The van der Waals surface area contributed by atoms with Crippen LogP contribution < -0.4 is 10.3 Å². The fourth-order valence-corrected chi connectivity index (χ4v) is 5.16. The fraction of sp³-hybridized carbons (Fsp3) is 0.333. The first-order valence-corrected chi connectivity index (χ1v) is 11.0. The van der Waals surface area contributed by atoms with Gasteiger partial charge < -0.3 is 14.6 Å². The topological polar surface area (TPSA) is 80.2 Å². The SMILES string of the molecule is COc1cccc(-n2c(=S)sc3c(=O)[nH]c(SCC(=O)N4CCCC4)nc32)c1. The average Bonchev–Trinajstić information content (AvgIpc) is 3.34. The summed E-state index contributed by atoms with van der Waals surface area (Å²) in [5.74, 6) is 1.01. The van der Waals surface area contributed by atoms with Crippen LogP contribution in [0.4, 0.5) is 0 Å². The van der Waals surface area contributed by atoms with Crippen molar-refractivity contribution in [2.24, 2.45) is 0 Å². The molecule has 7 nitrogen and oxygen atoms in total. The molecule has 1 saturated heterocycles. The highest BCUT2D eigenvalue weighted by atomic mass is 32.2. The summed E-state index contributed by atoms with van der Waals surface area (Å²) in [6, 6.07) is 7.43. The molecule has 0 radical (unpaired) electrons. The van der Waals surface area contributed by atoms with Gasteiger partial charge in [0.2, 0.25) is 5.91 Å². The van der Waals surface area contributed by atoms with E-state index in [1.165, 1.54) is 23.1 Å². The number of likely N-dealkylation sites (tertiary alicyclic amines) is 1. The molecule has 0 unspecified atom stereocenters. The van der Waals surface area contributed by atoms with Crippen LogP contribution in [0.2, 0.25) is 0 Å². The van der Waals surface area contributed by atoms with Crippen molar-refractivity contribution >= 4 is 51.6 Å². The maximum Gasteiger partial charge on any atom is 0.271 e. The number of nitrogens with zero attached hydrogens (tertiary/aromatic N) is 3. The number of amides is 1. The largest absolute Gasteiger partial charge is 0.497 e. The van der Waals surface area contributed by atoms with Gasteiger partial charge in [-0.2, -0.15) is 0 Å². The van der Waals surface area contributed by atoms with E-state index in [4.69, 9.17) is 17.0 Å². The van der Waals surface area contributed by atoms with Gasteiger partial charge in [0.05, 0.1) is 18.6 Å². The second-order valence-electron chi connectivity index (χ2n) is 6.31. The molecule has 28 heavy (non-hydrogen) atoms. The number of aromatic amines is 1. The molecule has 4 rings (SSSR count). The van der Waals surface area contributed by atoms with Gasteiger partial charge in [-0.3, -0.25) is 14.2 Å². The number of carbonyl (C=O) groups is 1. The van der Waals surface area contributed by atoms with Crippen LogP contribution in [0, 0.1) is 3.95 Å². The summed E-state index contributed by atoms with van der Waals surface area (Å²) in [5.41, 5.74) is 1.01. The van der Waals surface area contributed by atoms with Gasteiger partial charge in [0.1, 0.15) is 10.4 Å². The second-order valence-corrected chi connectivity index (χ2v) is 8.91. The van der Waals surface area contributed by atoms with E-state index in [0.717, 1.165) is 31.6 Å². The van der Waals surface area contributed by atoms with Crippen LogP contribution in [-0.2, 0) is 4.79 Å². The number of H-pyrrole nitrogens is 1. The maximum atomic E-state index is 12.5. The van der Waals surface area contributed by atoms with Crippen LogP contribution in [0.3, 0.4) is 0 Å². The predicted octanol–water partition coefficient (Wildman–Crippen LogP) is 3.23. The van der Waals surface area contributed by atoms with Crippen LogP contribution in [0.1, 0.15) is 12.8 Å². The lowest BCUT2D eigenvalue weighted by Crippen LogP contribution is -2.29. The predicted molar refractivity (Wildman–Crippen MR) is 113 cm³/mol. The van der Waals surface area contributed by atoms with Crippen LogP contribution in [-0.4, -0.2) is 51.3 Å². The third kappa shape index (κ3) is 3.71. The van der Waals surface area contributed by atoms with Crippen molar-refractivity contribution in [3.63, 3.8) is 0 Å². The lowest BCUT2D eigenvalue weighted by atomic mass is 10.3. The molecule has 0 saturated carbocycles. The molecule has 146 valence electrons. The lowest BCUT2D eigenvalue weighted by Gasteiger charge is -2.14. The number of rotatable bonds is 5. The molecular weight excluding hydrogens is 416 g/mol. The Morgan fingerprint density at radius 3 is 2.93 bits per heavy atom. The van der Waals surface area contributed by atoms with Gasteiger partial charge in [0.15, 0.2) is 14.8 Å². The van der Waals surface area contributed by atoms with E-state index >= 15 is 0 Å². The molecule has 1 aliphatic heterocycles. The molecular formula is C18H18N4O3S3. The van der Waals surface area contributed by atoms with Crippen LogP contribution in [0.25, 0.3) is 16.0 Å². The number of ether oxygens (including phenoxy) is 1. The van der Waals surface area contributed by atoms with Gasteiger partial charge >= 0.3 is 0 Å². The molecule has 3 heterocycles. The molecule has 1 fully saturated rings. The molecule has 0 atom stereocenters. The first kappa shape index (κ1) is 19.2. The zero-order chi connectivity index (χ0) is 19.7. The minimum Gasteiger partial charge on any atom is -0.497 e. The van der Waals surface area contributed by atoms with Crippen molar-refractivity contribution in [3.05, 3.63) is 38.6 Å². The van der Waals surface area contributed by atoms with Gasteiger partial charge in [0, 0.05) is 19.2 Å². The Kier molecular flexibility index (Phi) is 5.51. The quantitative estimate of drug-likeness (QED) is 0.377. The third-order valence-electron chi connectivity index (χ3n) is 4.52. The number of methoxy groups -OCH3 is 1. The van der Waals surface area contributed by atoms with Crippen molar-refractivity contribution in [3.8, 4) is 11.4 Å². The molecule has 0 aliphatic carbocycles. The average molecular weight is 435 g/mol. The first-order valence-electron chi connectivity index (χ1n) is 8.77. The first-order chi connectivity index (χ1) is 13.6. The number of thiazole rings is 1. The number of nitrogens with one attached hydrogen (secondary N) is 1. The third-order valence-corrected chi connectivity index (χ3v) is 6.74. The Balaban J connectivity index is 1.69. The Hall–Kier alpha value is -2.17. The van der Waals surface area contributed by atoms with E-state index in [9.17, 15) is 9.59 Å². The number of carbonyl (C=O) groups excluding carboxylic acids is 1. The van der Waals surface area contributed by atoms with Gasteiger partial charge in [-0.1, -0.05) is 29.2 Å². The van der Waals surface area contributed by atoms with Crippen LogP contribution in [0.5, 0.6) is 5.75 Å².